The fourth-order valence-electron chi connectivity index (χ4n) is 2.56. The molecular weight excluding hydrogens is 264 g/mol. The van der Waals surface area contributed by atoms with E-state index in [1.165, 1.54) is 11.1 Å². The lowest BCUT2D eigenvalue weighted by molar-refractivity contribution is -0.142. The van der Waals surface area contributed by atoms with E-state index in [0.717, 1.165) is 22.6 Å². The molecule has 4 nitrogen and oxygen atoms in total. The van der Waals surface area contributed by atoms with E-state index in [0.29, 0.717) is 6.61 Å². The second-order valence-corrected chi connectivity index (χ2v) is 5.33. The van der Waals surface area contributed by atoms with E-state index in [1.54, 1.807) is 0 Å². The van der Waals surface area contributed by atoms with Crippen LogP contribution < -0.4 is 0 Å². The molecule has 1 aromatic heterocycles. The summed E-state index contributed by atoms with van der Waals surface area (Å²) in [6.45, 7) is 10.3. The van der Waals surface area contributed by atoms with E-state index in [-0.39, 0.29) is 12.4 Å². The van der Waals surface area contributed by atoms with Crippen molar-refractivity contribution in [2.75, 3.05) is 6.61 Å². The zero-order valence-corrected chi connectivity index (χ0v) is 13.4. The van der Waals surface area contributed by atoms with Crippen LogP contribution in [0.25, 0.3) is 5.69 Å². The third-order valence-electron chi connectivity index (χ3n) is 3.65. The average molecular weight is 286 g/mol. The maximum Gasteiger partial charge on any atom is 0.310 e. The number of hydrogen-bond donors (Lipinski definition) is 0. The monoisotopic (exact) mass is 286 g/mol. The lowest BCUT2D eigenvalue weighted by Crippen LogP contribution is -2.09. The molecule has 0 atom stereocenters. The quantitative estimate of drug-likeness (QED) is 0.811. The minimum absolute atomic E-state index is 0.205. The first-order valence-electron chi connectivity index (χ1n) is 7.22. The van der Waals surface area contributed by atoms with Crippen molar-refractivity contribution >= 4 is 5.97 Å². The third-order valence-corrected chi connectivity index (χ3v) is 3.65. The molecule has 2 rings (SSSR count). The zero-order chi connectivity index (χ0) is 15.6. The van der Waals surface area contributed by atoms with E-state index in [9.17, 15) is 4.79 Å². The molecule has 0 unspecified atom stereocenters. The molecule has 0 spiro atoms. The Balaban J connectivity index is 2.41. The van der Waals surface area contributed by atoms with Gasteiger partial charge in [0.25, 0.3) is 0 Å². The van der Waals surface area contributed by atoms with Crippen LogP contribution in [0.3, 0.4) is 0 Å². The van der Waals surface area contributed by atoms with Crippen molar-refractivity contribution in [3.8, 4) is 5.69 Å². The van der Waals surface area contributed by atoms with Crippen molar-refractivity contribution < 1.29 is 9.53 Å². The summed E-state index contributed by atoms with van der Waals surface area (Å²) in [6, 6.07) is 6.28. The van der Waals surface area contributed by atoms with Gasteiger partial charge in [0.05, 0.1) is 24.4 Å². The summed E-state index contributed by atoms with van der Waals surface area (Å²) in [4.78, 5) is 11.7. The molecule has 2 aromatic rings. The average Bonchev–Trinajstić information content (AvgIpc) is 2.67. The number of ether oxygens (including phenoxy) is 1. The number of carbonyl (C=O) groups excluding carboxylic acids is 1. The molecule has 0 amide bonds. The van der Waals surface area contributed by atoms with Gasteiger partial charge < -0.3 is 4.74 Å². The molecule has 0 radical (unpaired) electrons. The number of esters is 1. The second-order valence-electron chi connectivity index (χ2n) is 5.33. The Hall–Kier alpha value is -2.10. The van der Waals surface area contributed by atoms with Gasteiger partial charge in [0.1, 0.15) is 0 Å². The largest absolute Gasteiger partial charge is 0.466 e. The first-order chi connectivity index (χ1) is 9.93. The van der Waals surface area contributed by atoms with Crippen molar-refractivity contribution in [2.24, 2.45) is 0 Å². The molecule has 0 saturated heterocycles. The summed E-state index contributed by atoms with van der Waals surface area (Å²) in [5.41, 5.74) is 6.27. The minimum Gasteiger partial charge on any atom is -0.466 e. The molecule has 0 saturated carbocycles. The van der Waals surface area contributed by atoms with E-state index in [2.05, 4.69) is 37.1 Å². The molecule has 0 N–H and O–H groups in total. The Morgan fingerprint density at radius 1 is 1.24 bits per heavy atom. The summed E-state index contributed by atoms with van der Waals surface area (Å²) in [6.07, 6.45) is 0.274. The Morgan fingerprint density at radius 2 is 1.95 bits per heavy atom. The Labute approximate surface area is 125 Å². The molecule has 0 bridgehead atoms. The number of aromatic nitrogens is 2. The summed E-state index contributed by atoms with van der Waals surface area (Å²) in [5, 5.41) is 4.59. The Kier molecular flexibility index (Phi) is 4.46. The topological polar surface area (TPSA) is 44.1 Å². The van der Waals surface area contributed by atoms with Crippen LogP contribution in [0.15, 0.2) is 18.2 Å². The molecule has 112 valence electrons. The summed E-state index contributed by atoms with van der Waals surface area (Å²) in [5.74, 6) is -0.205. The van der Waals surface area contributed by atoms with Gasteiger partial charge >= 0.3 is 5.97 Å². The molecule has 0 fully saturated rings. The number of nitrogens with zero attached hydrogens (tertiary/aromatic N) is 2. The maximum absolute atomic E-state index is 11.7. The SMILES string of the molecule is CCOC(=O)Cc1c(C)nn(-c2ccc(C)cc2C)c1C. The van der Waals surface area contributed by atoms with Crippen LogP contribution in [0.1, 0.15) is 35.0 Å². The normalized spacial score (nSPS) is 10.7. The van der Waals surface area contributed by atoms with Crippen molar-refractivity contribution in [1.82, 2.24) is 9.78 Å². The van der Waals surface area contributed by atoms with Gasteiger partial charge in [-0.3, -0.25) is 4.79 Å². The van der Waals surface area contributed by atoms with Gasteiger partial charge in [-0.15, -0.1) is 0 Å². The highest BCUT2D eigenvalue weighted by Gasteiger charge is 2.17. The highest BCUT2D eigenvalue weighted by molar-refractivity contribution is 5.73. The van der Waals surface area contributed by atoms with Crippen LogP contribution in [-0.4, -0.2) is 22.4 Å². The molecule has 0 aliphatic rings. The van der Waals surface area contributed by atoms with Gasteiger partial charge in [0.2, 0.25) is 0 Å². The van der Waals surface area contributed by atoms with Gasteiger partial charge in [-0.2, -0.15) is 5.10 Å². The van der Waals surface area contributed by atoms with Crippen LogP contribution in [0.2, 0.25) is 0 Å². The molecular formula is C17H22N2O2. The smallest absolute Gasteiger partial charge is 0.310 e. The molecule has 4 heteroatoms. The van der Waals surface area contributed by atoms with Gasteiger partial charge in [-0.25, -0.2) is 4.68 Å². The van der Waals surface area contributed by atoms with E-state index >= 15 is 0 Å². The maximum atomic E-state index is 11.7. The van der Waals surface area contributed by atoms with Crippen molar-refractivity contribution in [1.29, 1.82) is 0 Å². The number of benzene rings is 1. The molecule has 1 aromatic carbocycles. The van der Waals surface area contributed by atoms with Crippen molar-refractivity contribution in [3.63, 3.8) is 0 Å². The highest BCUT2D eigenvalue weighted by Crippen LogP contribution is 2.21. The number of carbonyl (C=O) groups is 1. The molecule has 0 aliphatic carbocycles. The van der Waals surface area contributed by atoms with E-state index in [1.807, 2.05) is 25.5 Å². The molecule has 1 heterocycles. The Morgan fingerprint density at radius 3 is 2.57 bits per heavy atom. The van der Waals surface area contributed by atoms with Gasteiger partial charge in [0, 0.05) is 11.3 Å². The summed E-state index contributed by atoms with van der Waals surface area (Å²) >= 11 is 0. The standard InChI is InChI=1S/C17H22N2O2/c1-6-21-17(20)10-15-13(4)18-19(14(15)5)16-8-7-11(2)9-12(16)3/h7-9H,6,10H2,1-5H3. The number of aryl methyl sites for hydroxylation is 3. The van der Waals surface area contributed by atoms with Crippen LogP contribution in [0.5, 0.6) is 0 Å². The second kappa shape index (κ2) is 6.12. The van der Waals surface area contributed by atoms with Gasteiger partial charge in [-0.1, -0.05) is 17.7 Å². The fraction of sp³-hybridized carbons (Fsp3) is 0.412. The number of rotatable bonds is 4. The van der Waals surface area contributed by atoms with Crippen molar-refractivity contribution in [3.05, 3.63) is 46.3 Å². The van der Waals surface area contributed by atoms with Gasteiger partial charge in [-0.05, 0) is 46.2 Å². The highest BCUT2D eigenvalue weighted by atomic mass is 16.5. The minimum atomic E-state index is -0.205. The van der Waals surface area contributed by atoms with Crippen molar-refractivity contribution in [2.45, 2.75) is 41.0 Å². The zero-order valence-electron chi connectivity index (χ0n) is 13.4. The third kappa shape index (κ3) is 3.15. The van der Waals surface area contributed by atoms with Crippen LogP contribution in [-0.2, 0) is 16.0 Å². The predicted molar refractivity (Wildman–Crippen MR) is 82.8 cm³/mol. The molecule has 0 aliphatic heterocycles. The van der Waals surface area contributed by atoms with E-state index in [4.69, 9.17) is 4.74 Å². The summed E-state index contributed by atoms with van der Waals surface area (Å²) < 4.78 is 6.95. The Bertz CT molecular complexity index is 672. The summed E-state index contributed by atoms with van der Waals surface area (Å²) in [7, 11) is 0. The number of hydrogen-bond acceptors (Lipinski definition) is 3. The predicted octanol–water partition coefficient (Wildman–Crippen LogP) is 3.21. The van der Waals surface area contributed by atoms with E-state index < -0.39 is 0 Å². The van der Waals surface area contributed by atoms with Crippen LogP contribution >= 0.6 is 0 Å². The lowest BCUT2D eigenvalue weighted by atomic mass is 10.1. The van der Waals surface area contributed by atoms with Crippen LogP contribution in [0.4, 0.5) is 0 Å². The lowest BCUT2D eigenvalue weighted by Gasteiger charge is -2.09. The first kappa shape index (κ1) is 15.3. The first-order valence-corrected chi connectivity index (χ1v) is 7.22. The molecule has 21 heavy (non-hydrogen) atoms. The van der Waals surface area contributed by atoms with Gasteiger partial charge in [0.15, 0.2) is 0 Å². The fourth-order valence-corrected chi connectivity index (χ4v) is 2.56. The van der Waals surface area contributed by atoms with Crippen LogP contribution in [0, 0.1) is 27.7 Å².